The van der Waals surface area contributed by atoms with Gasteiger partial charge >= 0.3 is 0 Å². The number of carbonyl (C=O) groups is 1. The average Bonchev–Trinajstić information content (AvgIpc) is 3.33. The van der Waals surface area contributed by atoms with Gasteiger partial charge in [0.1, 0.15) is 17.0 Å². The minimum absolute atomic E-state index is 0.0911. The van der Waals surface area contributed by atoms with Gasteiger partial charge < -0.3 is 14.5 Å². The van der Waals surface area contributed by atoms with E-state index >= 15 is 0 Å². The molecule has 2 aliphatic heterocycles. The molecule has 0 spiro atoms. The number of anilines is 1. The van der Waals surface area contributed by atoms with Gasteiger partial charge in [-0.2, -0.15) is 4.31 Å². The zero-order chi connectivity index (χ0) is 23.7. The summed E-state index contributed by atoms with van der Waals surface area (Å²) in [7, 11) is -3.58. The molecule has 4 heterocycles. The minimum Gasteiger partial charge on any atom is -0.379 e. The number of carbonyl (C=O) groups excluding carboxylic acids is 1. The molecule has 0 saturated carbocycles. The number of sulfonamides is 1. The van der Waals surface area contributed by atoms with Crippen molar-refractivity contribution in [2.24, 2.45) is 0 Å². The first-order valence-electron chi connectivity index (χ1n) is 11.4. The molecule has 3 aromatic rings. The van der Waals surface area contributed by atoms with Gasteiger partial charge in [0.2, 0.25) is 10.0 Å². The number of fused-ring (bicyclic) bond motifs is 1. The normalized spacial score (nSPS) is 17.9. The molecule has 9 nitrogen and oxygen atoms in total. The SMILES string of the molecule is CCc1cc2c(N3CCN(C(=O)c4ccc(S(=O)(=O)N5CCOCC5)cc4)CC3)ncnc2s1. The standard InChI is InChI=1S/C23H27N5O4S2/c1-2-18-15-20-21(24-16-25-22(20)33-18)26-7-9-27(10-8-26)23(29)17-3-5-19(6-4-17)34(30,31)28-11-13-32-14-12-28/h3-6,15-16H,2,7-14H2,1H3. The largest absolute Gasteiger partial charge is 0.379 e. The molecule has 1 aromatic carbocycles. The summed E-state index contributed by atoms with van der Waals surface area (Å²) >= 11 is 1.70. The Balaban J connectivity index is 1.25. The first-order chi connectivity index (χ1) is 16.5. The molecule has 2 fully saturated rings. The minimum atomic E-state index is -3.58. The highest BCUT2D eigenvalue weighted by Crippen LogP contribution is 2.31. The third-order valence-electron chi connectivity index (χ3n) is 6.28. The fraction of sp³-hybridized carbons (Fsp3) is 0.435. The third kappa shape index (κ3) is 4.40. The Morgan fingerprint density at radius 1 is 1.03 bits per heavy atom. The molecule has 2 aliphatic rings. The molecule has 2 aromatic heterocycles. The van der Waals surface area contributed by atoms with E-state index in [1.165, 1.54) is 21.3 Å². The van der Waals surface area contributed by atoms with Crippen LogP contribution in [0.5, 0.6) is 0 Å². The lowest BCUT2D eigenvalue weighted by Gasteiger charge is -2.35. The number of benzene rings is 1. The van der Waals surface area contributed by atoms with E-state index in [-0.39, 0.29) is 10.8 Å². The monoisotopic (exact) mass is 501 g/mol. The summed E-state index contributed by atoms with van der Waals surface area (Å²) in [4.78, 5) is 28.5. The van der Waals surface area contributed by atoms with Crippen molar-refractivity contribution in [3.8, 4) is 0 Å². The van der Waals surface area contributed by atoms with Gasteiger partial charge in [-0.1, -0.05) is 6.92 Å². The summed E-state index contributed by atoms with van der Waals surface area (Å²) in [6, 6.07) is 8.42. The molecule has 0 radical (unpaired) electrons. The number of rotatable bonds is 5. The van der Waals surface area contributed by atoms with Gasteiger partial charge in [-0.25, -0.2) is 18.4 Å². The predicted octanol–water partition coefficient (Wildman–Crippen LogP) is 2.24. The number of amides is 1. The summed E-state index contributed by atoms with van der Waals surface area (Å²) in [5, 5.41) is 1.07. The molecule has 11 heteroatoms. The quantitative estimate of drug-likeness (QED) is 0.529. The van der Waals surface area contributed by atoms with E-state index in [9.17, 15) is 13.2 Å². The molecule has 0 N–H and O–H groups in total. The van der Waals surface area contributed by atoms with Gasteiger partial charge in [0, 0.05) is 49.7 Å². The summed E-state index contributed by atoms with van der Waals surface area (Å²) in [6.07, 6.45) is 2.58. The first kappa shape index (κ1) is 23.2. The Kier molecular flexibility index (Phi) is 6.52. The maximum Gasteiger partial charge on any atom is 0.253 e. The van der Waals surface area contributed by atoms with Gasteiger partial charge in [-0.05, 0) is 36.8 Å². The number of nitrogens with zero attached hydrogens (tertiary/aromatic N) is 5. The van der Waals surface area contributed by atoms with Crippen LogP contribution in [0.15, 0.2) is 41.6 Å². The van der Waals surface area contributed by atoms with E-state index in [4.69, 9.17) is 4.74 Å². The maximum absolute atomic E-state index is 13.1. The molecule has 1 amide bonds. The zero-order valence-corrected chi connectivity index (χ0v) is 20.6. The second-order valence-electron chi connectivity index (χ2n) is 8.30. The molecule has 0 aliphatic carbocycles. The molecule has 2 saturated heterocycles. The fourth-order valence-corrected chi connectivity index (χ4v) is 6.67. The summed E-state index contributed by atoms with van der Waals surface area (Å²) in [5.74, 6) is 0.831. The Bertz CT molecular complexity index is 1280. The molecule has 0 unspecified atom stereocenters. The fourth-order valence-electron chi connectivity index (χ4n) is 4.33. The van der Waals surface area contributed by atoms with Crippen LogP contribution in [0, 0.1) is 0 Å². The van der Waals surface area contributed by atoms with Crippen molar-refractivity contribution >= 4 is 43.3 Å². The van der Waals surface area contributed by atoms with E-state index in [2.05, 4.69) is 27.9 Å². The van der Waals surface area contributed by atoms with Crippen LogP contribution in [0.2, 0.25) is 0 Å². The Morgan fingerprint density at radius 3 is 2.41 bits per heavy atom. The number of thiophene rings is 1. The van der Waals surface area contributed by atoms with Crippen molar-refractivity contribution in [2.75, 3.05) is 57.4 Å². The zero-order valence-electron chi connectivity index (χ0n) is 19.0. The lowest BCUT2D eigenvalue weighted by molar-refractivity contribution is 0.0730. The molecular formula is C23H27N5O4S2. The highest BCUT2D eigenvalue weighted by atomic mass is 32.2. The number of hydrogen-bond acceptors (Lipinski definition) is 8. The van der Waals surface area contributed by atoms with Crippen LogP contribution in [-0.4, -0.2) is 86.0 Å². The number of hydrogen-bond donors (Lipinski definition) is 0. The summed E-state index contributed by atoms with van der Waals surface area (Å²) in [5.41, 5.74) is 0.490. The Morgan fingerprint density at radius 2 is 1.74 bits per heavy atom. The number of piperazine rings is 1. The third-order valence-corrected chi connectivity index (χ3v) is 9.38. The Labute approximate surface area is 203 Å². The smallest absolute Gasteiger partial charge is 0.253 e. The molecule has 5 rings (SSSR count). The van der Waals surface area contributed by atoms with Crippen LogP contribution in [0.1, 0.15) is 22.2 Å². The number of morpholine rings is 1. The second-order valence-corrected chi connectivity index (χ2v) is 11.4. The molecule has 34 heavy (non-hydrogen) atoms. The van der Waals surface area contributed by atoms with Gasteiger partial charge in [0.15, 0.2) is 0 Å². The van der Waals surface area contributed by atoms with E-state index in [1.807, 2.05) is 4.90 Å². The number of aryl methyl sites for hydroxylation is 1. The Hall–Kier alpha value is -2.60. The number of aromatic nitrogens is 2. The highest BCUT2D eigenvalue weighted by Gasteiger charge is 2.28. The second kappa shape index (κ2) is 9.57. The molecule has 0 atom stereocenters. The van der Waals surface area contributed by atoms with Gasteiger partial charge in [0.05, 0.1) is 23.5 Å². The molecular weight excluding hydrogens is 474 g/mol. The van der Waals surface area contributed by atoms with Crippen LogP contribution in [0.4, 0.5) is 5.82 Å². The van der Waals surface area contributed by atoms with Gasteiger partial charge in [0.25, 0.3) is 5.91 Å². The van der Waals surface area contributed by atoms with Crippen LogP contribution in [-0.2, 0) is 21.2 Å². The van der Waals surface area contributed by atoms with Crippen LogP contribution in [0.3, 0.4) is 0 Å². The van der Waals surface area contributed by atoms with E-state index in [1.54, 1.807) is 29.8 Å². The van der Waals surface area contributed by atoms with Gasteiger partial charge in [-0.15, -0.1) is 11.3 Å². The van der Waals surface area contributed by atoms with Crippen molar-refractivity contribution in [3.05, 3.63) is 47.1 Å². The lowest BCUT2D eigenvalue weighted by atomic mass is 10.2. The predicted molar refractivity (Wildman–Crippen MR) is 131 cm³/mol. The van der Waals surface area contributed by atoms with E-state index < -0.39 is 10.0 Å². The van der Waals surface area contributed by atoms with Crippen molar-refractivity contribution in [1.29, 1.82) is 0 Å². The van der Waals surface area contributed by atoms with Gasteiger partial charge in [-0.3, -0.25) is 4.79 Å². The maximum atomic E-state index is 13.1. The van der Waals surface area contributed by atoms with Crippen molar-refractivity contribution in [3.63, 3.8) is 0 Å². The summed E-state index contributed by atoms with van der Waals surface area (Å²) in [6.45, 7) is 6.12. The number of ether oxygens (including phenoxy) is 1. The highest BCUT2D eigenvalue weighted by molar-refractivity contribution is 7.89. The van der Waals surface area contributed by atoms with E-state index in [0.717, 1.165) is 22.5 Å². The molecule has 180 valence electrons. The van der Waals surface area contributed by atoms with Crippen molar-refractivity contribution in [2.45, 2.75) is 18.2 Å². The van der Waals surface area contributed by atoms with Crippen LogP contribution < -0.4 is 4.90 Å². The topological polar surface area (TPSA) is 95.9 Å². The van der Waals surface area contributed by atoms with Crippen molar-refractivity contribution in [1.82, 2.24) is 19.2 Å². The van der Waals surface area contributed by atoms with Crippen LogP contribution >= 0.6 is 11.3 Å². The molecule has 0 bridgehead atoms. The summed E-state index contributed by atoms with van der Waals surface area (Å²) < 4.78 is 32.3. The lowest BCUT2D eigenvalue weighted by Crippen LogP contribution is -2.49. The van der Waals surface area contributed by atoms with Crippen molar-refractivity contribution < 1.29 is 17.9 Å². The average molecular weight is 502 g/mol. The van der Waals surface area contributed by atoms with Crippen LogP contribution in [0.25, 0.3) is 10.2 Å². The van der Waals surface area contributed by atoms with E-state index in [0.29, 0.717) is 58.0 Å². The first-order valence-corrected chi connectivity index (χ1v) is 13.7.